The number of nitrogens with one attached hydrogen (secondary N) is 1. The molecule has 0 aliphatic carbocycles. The molecule has 0 unspecified atom stereocenters. The number of ether oxygens (including phenoxy) is 1. The van der Waals surface area contributed by atoms with Gasteiger partial charge < -0.3 is 10.1 Å². The largest absolute Gasteiger partial charge is 0.488 e. The van der Waals surface area contributed by atoms with Gasteiger partial charge in [-0.25, -0.2) is 0 Å². The molecule has 0 heterocycles. The van der Waals surface area contributed by atoms with Gasteiger partial charge in [-0.15, -0.1) is 0 Å². The van der Waals surface area contributed by atoms with E-state index in [0.717, 1.165) is 10.2 Å². The number of anilines is 2. The van der Waals surface area contributed by atoms with Crippen LogP contribution < -0.4 is 20.9 Å². The van der Waals surface area contributed by atoms with Crippen molar-refractivity contribution in [2.24, 2.45) is 0 Å². The Morgan fingerprint density at radius 2 is 1.82 bits per heavy atom. The second-order valence-electron chi connectivity index (χ2n) is 3.43. The first-order valence-electron chi connectivity index (χ1n) is 5.12. The van der Waals surface area contributed by atoms with Crippen molar-refractivity contribution in [3.05, 3.63) is 49.2 Å². The summed E-state index contributed by atoms with van der Waals surface area (Å²) in [4.78, 5) is 22.6. The van der Waals surface area contributed by atoms with Crippen LogP contribution in [0, 0.1) is 0 Å². The van der Waals surface area contributed by atoms with Crippen LogP contribution in [0.2, 0.25) is 0 Å². The molecular weight excluding hydrogens is 286 g/mol. The molecule has 2 rings (SSSR count). The summed E-state index contributed by atoms with van der Waals surface area (Å²) in [6, 6.07) is 7.29. The van der Waals surface area contributed by atoms with Crippen molar-refractivity contribution in [1.29, 1.82) is 0 Å². The summed E-state index contributed by atoms with van der Waals surface area (Å²) in [6.07, 6.45) is 0. The number of hydrogen-bond acceptors (Lipinski definition) is 4. The van der Waals surface area contributed by atoms with Crippen molar-refractivity contribution in [1.82, 2.24) is 0 Å². The van der Waals surface area contributed by atoms with E-state index in [2.05, 4.69) is 21.2 Å². The lowest BCUT2D eigenvalue weighted by Crippen LogP contribution is -2.35. The van der Waals surface area contributed by atoms with Crippen molar-refractivity contribution in [2.45, 2.75) is 6.92 Å². The van der Waals surface area contributed by atoms with Crippen LogP contribution in [0.15, 0.2) is 38.3 Å². The molecule has 0 aromatic heterocycles. The second-order valence-corrected chi connectivity index (χ2v) is 4.34. The third kappa shape index (κ3) is 2.24. The van der Waals surface area contributed by atoms with Gasteiger partial charge in [-0.05, 0) is 31.2 Å². The maximum atomic E-state index is 11.4. The fraction of sp³-hybridized carbons (Fsp3) is 0.167. The fourth-order valence-corrected chi connectivity index (χ4v) is 1.71. The van der Waals surface area contributed by atoms with E-state index in [4.69, 9.17) is 4.74 Å². The molecule has 88 valence electrons. The third-order valence-electron chi connectivity index (χ3n) is 2.27. The predicted molar refractivity (Wildman–Crippen MR) is 69.9 cm³/mol. The van der Waals surface area contributed by atoms with Crippen LogP contribution in [0.5, 0.6) is 5.75 Å². The van der Waals surface area contributed by atoms with Crippen LogP contribution in [0.1, 0.15) is 6.92 Å². The maximum Gasteiger partial charge on any atom is 0.272 e. The highest BCUT2D eigenvalue weighted by Crippen LogP contribution is 2.23. The lowest BCUT2D eigenvalue weighted by Gasteiger charge is -2.12. The zero-order chi connectivity index (χ0) is 12.4. The van der Waals surface area contributed by atoms with Gasteiger partial charge in [0.1, 0.15) is 5.69 Å². The molecule has 0 radical (unpaired) electrons. The van der Waals surface area contributed by atoms with Crippen molar-refractivity contribution in [3.8, 4) is 5.75 Å². The monoisotopic (exact) mass is 295 g/mol. The van der Waals surface area contributed by atoms with E-state index in [9.17, 15) is 9.59 Å². The van der Waals surface area contributed by atoms with E-state index in [1.165, 1.54) is 0 Å². The topological polar surface area (TPSA) is 55.4 Å². The summed E-state index contributed by atoms with van der Waals surface area (Å²) in [5, 5.41) is 2.88. The number of benzene rings is 1. The predicted octanol–water partition coefficient (Wildman–Crippen LogP) is 2.19. The maximum absolute atomic E-state index is 11.4. The smallest absolute Gasteiger partial charge is 0.272 e. The van der Waals surface area contributed by atoms with Crippen LogP contribution in [0.4, 0.5) is 11.4 Å². The molecule has 5 heteroatoms. The summed E-state index contributed by atoms with van der Waals surface area (Å²) < 4.78 is 6.05. The summed E-state index contributed by atoms with van der Waals surface area (Å²) in [6.45, 7) is 2.13. The molecule has 0 fully saturated rings. The van der Waals surface area contributed by atoms with Gasteiger partial charge in [0.25, 0.3) is 10.9 Å². The Hall–Kier alpha value is -1.62. The minimum absolute atomic E-state index is 0.125. The second kappa shape index (κ2) is 4.71. The molecule has 0 aliphatic heterocycles. The van der Waals surface area contributed by atoms with E-state index in [1.54, 1.807) is 19.1 Å². The standard InChI is InChI=1S/C12H10BrNO3/c1-2-17-12-9(10(15)11(12)16)14-8-5-3-7(13)4-6-8/h3-6,14H,2H2,1H3. The van der Waals surface area contributed by atoms with Crippen LogP contribution in [-0.4, -0.2) is 6.61 Å². The summed E-state index contributed by atoms with van der Waals surface area (Å²) in [5.74, 6) is 0.125. The highest BCUT2D eigenvalue weighted by molar-refractivity contribution is 9.10. The number of halogens is 1. The molecule has 0 spiro atoms. The Kier molecular flexibility index (Phi) is 3.28. The molecule has 4 nitrogen and oxygen atoms in total. The van der Waals surface area contributed by atoms with Crippen LogP contribution >= 0.6 is 15.9 Å². The van der Waals surface area contributed by atoms with Crippen molar-refractivity contribution >= 4 is 27.3 Å². The average molecular weight is 296 g/mol. The van der Waals surface area contributed by atoms with E-state index in [1.807, 2.05) is 12.1 Å². The molecular formula is C12H10BrNO3. The lowest BCUT2D eigenvalue weighted by molar-refractivity contribution is 0.335. The van der Waals surface area contributed by atoms with Crippen molar-refractivity contribution in [3.63, 3.8) is 0 Å². The Balaban J connectivity index is 2.25. The zero-order valence-corrected chi connectivity index (χ0v) is 10.7. The zero-order valence-electron chi connectivity index (χ0n) is 9.12. The van der Waals surface area contributed by atoms with Crippen molar-refractivity contribution < 1.29 is 4.74 Å². The molecule has 0 saturated heterocycles. The Labute approximate surface area is 106 Å². The van der Waals surface area contributed by atoms with Gasteiger partial charge in [-0.3, -0.25) is 9.59 Å². The minimum atomic E-state index is -0.563. The first kappa shape index (κ1) is 11.9. The Morgan fingerprint density at radius 1 is 1.18 bits per heavy atom. The molecule has 0 amide bonds. The number of hydrogen-bond donors (Lipinski definition) is 1. The molecule has 17 heavy (non-hydrogen) atoms. The highest BCUT2D eigenvalue weighted by atomic mass is 79.9. The van der Waals surface area contributed by atoms with Crippen molar-refractivity contribution in [2.75, 3.05) is 11.9 Å². The quantitative estimate of drug-likeness (QED) is 0.879. The van der Waals surface area contributed by atoms with E-state index >= 15 is 0 Å². The van der Waals surface area contributed by atoms with Crippen LogP contribution in [0.3, 0.4) is 0 Å². The van der Waals surface area contributed by atoms with Gasteiger partial charge in [0, 0.05) is 10.2 Å². The molecule has 0 atom stereocenters. The SMILES string of the molecule is CCOc1c(Nc2ccc(Br)cc2)c(=O)c1=O. The van der Waals surface area contributed by atoms with Crippen LogP contribution in [-0.2, 0) is 0 Å². The third-order valence-corrected chi connectivity index (χ3v) is 2.80. The molecule has 2 aromatic carbocycles. The summed E-state index contributed by atoms with van der Waals surface area (Å²) >= 11 is 3.32. The molecule has 2 aromatic rings. The average Bonchev–Trinajstić information content (AvgIpc) is 2.35. The van der Waals surface area contributed by atoms with Gasteiger partial charge in [0.15, 0.2) is 5.75 Å². The molecule has 0 bridgehead atoms. The fourth-order valence-electron chi connectivity index (χ4n) is 1.44. The Morgan fingerprint density at radius 3 is 2.41 bits per heavy atom. The van der Waals surface area contributed by atoms with E-state index < -0.39 is 10.9 Å². The first-order chi connectivity index (χ1) is 8.13. The molecule has 0 aliphatic rings. The Bertz CT molecular complexity index is 597. The van der Waals surface area contributed by atoms with Gasteiger partial charge >= 0.3 is 0 Å². The summed E-state index contributed by atoms with van der Waals surface area (Å²) in [5.41, 5.74) is -0.122. The lowest BCUT2D eigenvalue weighted by atomic mass is 10.2. The molecule has 0 saturated carbocycles. The van der Waals surface area contributed by atoms with Gasteiger partial charge in [0.2, 0.25) is 0 Å². The minimum Gasteiger partial charge on any atom is -0.488 e. The normalized spacial score (nSPS) is 10.5. The first-order valence-corrected chi connectivity index (χ1v) is 5.91. The van der Waals surface area contributed by atoms with Gasteiger partial charge in [-0.1, -0.05) is 15.9 Å². The highest BCUT2D eigenvalue weighted by Gasteiger charge is 2.22. The van der Waals surface area contributed by atoms with E-state index in [0.29, 0.717) is 6.61 Å². The van der Waals surface area contributed by atoms with Gasteiger partial charge in [0.05, 0.1) is 6.61 Å². The molecule has 1 N–H and O–H groups in total. The summed E-state index contributed by atoms with van der Waals surface area (Å²) in [7, 11) is 0. The van der Waals surface area contributed by atoms with E-state index in [-0.39, 0.29) is 11.4 Å². The van der Waals surface area contributed by atoms with Gasteiger partial charge in [-0.2, -0.15) is 0 Å². The number of rotatable bonds is 4. The van der Waals surface area contributed by atoms with Crippen LogP contribution in [0.25, 0.3) is 0 Å².